The van der Waals surface area contributed by atoms with E-state index in [4.69, 9.17) is 5.41 Å². The summed E-state index contributed by atoms with van der Waals surface area (Å²) in [5.74, 6) is -0.134. The van der Waals surface area contributed by atoms with Crippen LogP contribution in [0, 0.1) is 5.41 Å². The minimum atomic E-state index is -0.134. The lowest BCUT2D eigenvalue weighted by Crippen LogP contribution is -2.46. The minimum Gasteiger partial charge on any atom is -0.370 e. The zero-order valence-electron chi connectivity index (χ0n) is 18.1. The molecular formula is C24H28N6O. The predicted molar refractivity (Wildman–Crippen MR) is 125 cm³/mol. The molecule has 31 heavy (non-hydrogen) atoms. The molecule has 160 valence electrons. The molecular weight excluding hydrogens is 388 g/mol. The Morgan fingerprint density at radius 1 is 1.13 bits per heavy atom. The number of hydrogen-bond donors (Lipinski definition) is 2. The molecule has 1 aromatic carbocycles. The maximum atomic E-state index is 12.0. The quantitative estimate of drug-likeness (QED) is 0.709. The number of aromatic nitrogens is 1. The van der Waals surface area contributed by atoms with E-state index in [0.717, 1.165) is 55.2 Å². The highest BCUT2D eigenvalue weighted by Gasteiger charge is 2.23. The standard InChI is InChI=1S/C24H28N6O/c1-17(25)11-20-13-21(16-28-20)29-7-9-30(10-8-29)23-6-4-3-5-22(23)18-12-19(15-27-14-18)24(31)26-2/h3-6,12-15,25H,7-11,16H2,1-2H3,(H,26,31). The van der Waals surface area contributed by atoms with Crippen molar-refractivity contribution in [3.05, 3.63) is 60.1 Å². The molecule has 0 aliphatic carbocycles. The number of rotatable bonds is 6. The van der Waals surface area contributed by atoms with Gasteiger partial charge in [-0.1, -0.05) is 18.2 Å². The van der Waals surface area contributed by atoms with Gasteiger partial charge < -0.3 is 20.5 Å². The number of carbonyl (C=O) groups excluding carboxylic acids is 1. The van der Waals surface area contributed by atoms with Crippen LogP contribution >= 0.6 is 0 Å². The summed E-state index contributed by atoms with van der Waals surface area (Å²) in [6.45, 7) is 6.24. The summed E-state index contributed by atoms with van der Waals surface area (Å²) in [6, 6.07) is 10.2. The molecule has 0 bridgehead atoms. The third kappa shape index (κ3) is 4.66. The normalized spacial score (nSPS) is 16.1. The van der Waals surface area contributed by atoms with E-state index >= 15 is 0 Å². The lowest BCUT2D eigenvalue weighted by molar-refractivity contribution is 0.0963. The molecule has 7 heteroatoms. The molecule has 1 amide bonds. The van der Waals surface area contributed by atoms with Gasteiger partial charge in [-0.15, -0.1) is 0 Å². The number of hydrogen-bond acceptors (Lipinski definition) is 6. The van der Waals surface area contributed by atoms with Crippen LogP contribution < -0.4 is 10.2 Å². The third-order valence-corrected chi connectivity index (χ3v) is 5.69. The van der Waals surface area contributed by atoms with Crippen molar-refractivity contribution in [3.8, 4) is 11.1 Å². The van der Waals surface area contributed by atoms with Crippen LogP contribution in [0.4, 0.5) is 5.69 Å². The Morgan fingerprint density at radius 3 is 2.61 bits per heavy atom. The first-order chi connectivity index (χ1) is 15.0. The Bertz CT molecular complexity index is 1050. The van der Waals surface area contributed by atoms with Crippen LogP contribution in [0.2, 0.25) is 0 Å². The molecule has 2 aromatic rings. The van der Waals surface area contributed by atoms with E-state index in [1.807, 2.05) is 25.3 Å². The molecule has 1 saturated heterocycles. The van der Waals surface area contributed by atoms with Gasteiger partial charge in [-0.05, 0) is 25.1 Å². The number of benzene rings is 1. The summed E-state index contributed by atoms with van der Waals surface area (Å²) in [6.07, 6.45) is 6.20. The monoisotopic (exact) mass is 416 g/mol. The van der Waals surface area contributed by atoms with Crippen LogP contribution in [0.5, 0.6) is 0 Å². The fourth-order valence-corrected chi connectivity index (χ4v) is 4.12. The van der Waals surface area contributed by atoms with Crippen LogP contribution in [0.25, 0.3) is 11.1 Å². The lowest BCUT2D eigenvalue weighted by Gasteiger charge is -2.38. The topological polar surface area (TPSA) is 84.7 Å². The number of amides is 1. The molecule has 4 rings (SSSR count). The van der Waals surface area contributed by atoms with E-state index in [-0.39, 0.29) is 5.91 Å². The number of aliphatic imine (C=N–C) groups is 1. The van der Waals surface area contributed by atoms with Gasteiger partial charge in [0.2, 0.25) is 0 Å². The van der Waals surface area contributed by atoms with Crippen LogP contribution in [0.15, 0.2) is 59.5 Å². The van der Waals surface area contributed by atoms with E-state index < -0.39 is 0 Å². The fourth-order valence-electron chi connectivity index (χ4n) is 4.12. The fraction of sp³-hybridized carbons (Fsp3) is 0.333. The minimum absolute atomic E-state index is 0.134. The van der Waals surface area contributed by atoms with Crippen LogP contribution in [-0.4, -0.2) is 67.0 Å². The highest BCUT2D eigenvalue weighted by atomic mass is 16.1. The molecule has 1 fully saturated rings. The Morgan fingerprint density at radius 2 is 1.87 bits per heavy atom. The van der Waals surface area contributed by atoms with Gasteiger partial charge in [0.05, 0.1) is 12.1 Å². The maximum Gasteiger partial charge on any atom is 0.252 e. The van der Waals surface area contributed by atoms with Gasteiger partial charge in [-0.25, -0.2) is 0 Å². The molecule has 1 aromatic heterocycles. The summed E-state index contributed by atoms with van der Waals surface area (Å²) < 4.78 is 0. The summed E-state index contributed by atoms with van der Waals surface area (Å²) >= 11 is 0. The Balaban J connectivity index is 1.48. The Hall–Kier alpha value is -3.48. The maximum absolute atomic E-state index is 12.0. The molecule has 2 aliphatic rings. The average molecular weight is 417 g/mol. The van der Waals surface area contributed by atoms with Gasteiger partial charge >= 0.3 is 0 Å². The second kappa shape index (κ2) is 9.12. The van der Waals surface area contributed by atoms with Crippen molar-refractivity contribution in [2.45, 2.75) is 13.3 Å². The van der Waals surface area contributed by atoms with Crippen LogP contribution in [0.1, 0.15) is 23.7 Å². The van der Waals surface area contributed by atoms with Crippen molar-refractivity contribution >= 4 is 23.0 Å². The number of carbonyl (C=O) groups is 1. The molecule has 0 saturated carbocycles. The highest BCUT2D eigenvalue weighted by Crippen LogP contribution is 2.32. The Kier molecular flexibility index (Phi) is 6.11. The smallest absolute Gasteiger partial charge is 0.252 e. The number of nitrogens with one attached hydrogen (secondary N) is 2. The van der Waals surface area contributed by atoms with Gasteiger partial charge in [-0.3, -0.25) is 14.8 Å². The molecule has 0 radical (unpaired) electrons. The second-order valence-corrected chi connectivity index (χ2v) is 7.93. The van der Waals surface area contributed by atoms with Gasteiger partial charge in [0.1, 0.15) is 0 Å². The molecule has 0 spiro atoms. The number of allylic oxidation sites excluding steroid dienone is 1. The van der Waals surface area contributed by atoms with Crippen molar-refractivity contribution in [3.63, 3.8) is 0 Å². The lowest BCUT2D eigenvalue weighted by atomic mass is 10.0. The molecule has 2 N–H and O–H groups in total. The number of para-hydroxylation sites is 1. The molecule has 3 heterocycles. The number of piperazine rings is 1. The zero-order valence-corrected chi connectivity index (χ0v) is 18.1. The summed E-state index contributed by atoms with van der Waals surface area (Å²) in [7, 11) is 1.63. The summed E-state index contributed by atoms with van der Waals surface area (Å²) in [5, 5.41) is 10.3. The highest BCUT2D eigenvalue weighted by molar-refractivity contribution is 6.09. The Labute approximate surface area is 183 Å². The first-order valence-corrected chi connectivity index (χ1v) is 10.6. The third-order valence-electron chi connectivity index (χ3n) is 5.69. The number of pyridine rings is 1. The summed E-state index contributed by atoms with van der Waals surface area (Å²) in [4.78, 5) is 25.7. The summed E-state index contributed by atoms with van der Waals surface area (Å²) in [5.41, 5.74) is 6.66. The van der Waals surface area contributed by atoms with Crippen molar-refractivity contribution in [2.24, 2.45) is 4.99 Å². The molecule has 7 nitrogen and oxygen atoms in total. The van der Waals surface area contributed by atoms with Gasteiger partial charge in [-0.2, -0.15) is 0 Å². The van der Waals surface area contributed by atoms with Crippen molar-refractivity contribution in [1.82, 2.24) is 15.2 Å². The van der Waals surface area contributed by atoms with Crippen molar-refractivity contribution in [1.29, 1.82) is 5.41 Å². The zero-order chi connectivity index (χ0) is 21.8. The largest absolute Gasteiger partial charge is 0.370 e. The van der Waals surface area contributed by atoms with E-state index in [9.17, 15) is 4.79 Å². The van der Waals surface area contributed by atoms with Crippen LogP contribution in [0.3, 0.4) is 0 Å². The van der Waals surface area contributed by atoms with Gasteiger partial charge in [0.15, 0.2) is 0 Å². The molecule has 0 unspecified atom stereocenters. The van der Waals surface area contributed by atoms with Gasteiger partial charge in [0, 0.05) is 86.0 Å². The van der Waals surface area contributed by atoms with E-state index in [2.05, 4.69) is 49.4 Å². The first-order valence-electron chi connectivity index (χ1n) is 10.6. The number of nitrogens with zero attached hydrogens (tertiary/aromatic N) is 4. The average Bonchev–Trinajstić information content (AvgIpc) is 3.26. The van der Waals surface area contributed by atoms with Crippen LogP contribution in [-0.2, 0) is 0 Å². The van der Waals surface area contributed by atoms with Crippen molar-refractivity contribution in [2.75, 3.05) is 44.7 Å². The van der Waals surface area contributed by atoms with Crippen molar-refractivity contribution < 1.29 is 4.79 Å². The second-order valence-electron chi connectivity index (χ2n) is 7.93. The SMILES string of the molecule is CNC(=O)c1cncc(-c2ccccc2N2CCN(C3=CC(CC(C)=N)=NC3)CC2)c1. The van der Waals surface area contributed by atoms with E-state index in [1.54, 1.807) is 13.2 Å². The predicted octanol–water partition coefficient (Wildman–Crippen LogP) is 3.00. The number of anilines is 1. The van der Waals surface area contributed by atoms with E-state index in [0.29, 0.717) is 17.7 Å². The van der Waals surface area contributed by atoms with E-state index in [1.165, 1.54) is 5.70 Å². The molecule has 0 atom stereocenters. The van der Waals surface area contributed by atoms with Gasteiger partial charge in [0.25, 0.3) is 5.91 Å². The first kappa shape index (κ1) is 20.8. The molecule has 2 aliphatic heterocycles.